The van der Waals surface area contributed by atoms with Gasteiger partial charge in [-0.3, -0.25) is 0 Å². The molecule has 2 aliphatic rings. The average Bonchev–Trinajstić information content (AvgIpc) is 2.63. The van der Waals surface area contributed by atoms with E-state index in [0.29, 0.717) is 12.5 Å². The molecule has 5 nitrogen and oxygen atoms in total. The zero-order valence-electron chi connectivity index (χ0n) is 14.8. The van der Waals surface area contributed by atoms with Crippen LogP contribution in [0.1, 0.15) is 26.2 Å². The summed E-state index contributed by atoms with van der Waals surface area (Å²) in [5.74, 6) is 0.521. The number of anilines is 1. The van der Waals surface area contributed by atoms with Crippen LogP contribution in [0.4, 0.5) is 10.5 Å². The Morgan fingerprint density at radius 1 is 1.12 bits per heavy atom. The highest BCUT2D eigenvalue weighted by atomic mass is 16.5. The normalized spacial score (nSPS) is 25.6. The maximum atomic E-state index is 12.5. The van der Waals surface area contributed by atoms with Gasteiger partial charge in [-0.15, -0.1) is 0 Å². The van der Waals surface area contributed by atoms with Crippen LogP contribution in [0.15, 0.2) is 30.3 Å². The van der Waals surface area contributed by atoms with Crippen LogP contribution >= 0.6 is 0 Å². The number of benzene rings is 1. The summed E-state index contributed by atoms with van der Waals surface area (Å²) in [7, 11) is 1.74. The van der Waals surface area contributed by atoms with Crippen LogP contribution in [0.2, 0.25) is 0 Å². The van der Waals surface area contributed by atoms with Gasteiger partial charge in [0.1, 0.15) is 0 Å². The lowest BCUT2D eigenvalue weighted by Crippen LogP contribution is -2.54. The molecular formula is C19H29N3O2. The maximum Gasteiger partial charge on any atom is 0.317 e. The van der Waals surface area contributed by atoms with Crippen LogP contribution in [0.5, 0.6) is 0 Å². The summed E-state index contributed by atoms with van der Waals surface area (Å²) in [5.41, 5.74) is 1.27. The van der Waals surface area contributed by atoms with E-state index in [4.69, 9.17) is 4.74 Å². The van der Waals surface area contributed by atoms with Crippen LogP contribution in [-0.2, 0) is 4.74 Å². The molecular weight excluding hydrogens is 302 g/mol. The van der Waals surface area contributed by atoms with Crippen molar-refractivity contribution in [3.8, 4) is 0 Å². The monoisotopic (exact) mass is 331 g/mol. The van der Waals surface area contributed by atoms with Gasteiger partial charge < -0.3 is 19.9 Å². The van der Waals surface area contributed by atoms with E-state index < -0.39 is 0 Å². The molecule has 2 amide bonds. The van der Waals surface area contributed by atoms with Crippen molar-refractivity contribution in [2.24, 2.45) is 5.92 Å². The molecule has 0 radical (unpaired) electrons. The van der Waals surface area contributed by atoms with E-state index in [1.807, 2.05) is 11.0 Å². The van der Waals surface area contributed by atoms with Crippen molar-refractivity contribution in [1.82, 2.24) is 10.2 Å². The lowest BCUT2D eigenvalue weighted by molar-refractivity contribution is 0.00674. The Bertz CT molecular complexity index is 529. The largest absolute Gasteiger partial charge is 0.379 e. The van der Waals surface area contributed by atoms with Gasteiger partial charge >= 0.3 is 6.03 Å². The van der Waals surface area contributed by atoms with E-state index in [-0.39, 0.29) is 18.2 Å². The molecule has 0 bridgehead atoms. The standard InChI is InChI=1S/C19H29N3O2/c1-15-8-11-22(14-18(15)24-2)19(23)20-16-9-12-21(13-10-16)17-6-4-3-5-7-17/h3-7,15-16,18H,8-14H2,1-2H3,(H,20,23)/t15-,18+/m0/s1. The van der Waals surface area contributed by atoms with Gasteiger partial charge in [-0.05, 0) is 37.3 Å². The molecule has 0 aromatic heterocycles. The van der Waals surface area contributed by atoms with Gasteiger partial charge in [-0.25, -0.2) is 4.79 Å². The minimum atomic E-state index is 0.0714. The predicted molar refractivity (Wildman–Crippen MR) is 96.4 cm³/mol. The van der Waals surface area contributed by atoms with E-state index in [2.05, 4.69) is 41.4 Å². The van der Waals surface area contributed by atoms with E-state index in [0.717, 1.165) is 38.9 Å². The quantitative estimate of drug-likeness (QED) is 0.926. The summed E-state index contributed by atoms with van der Waals surface area (Å²) in [6, 6.07) is 10.8. The number of nitrogens with one attached hydrogen (secondary N) is 1. The van der Waals surface area contributed by atoms with Gasteiger partial charge in [-0.1, -0.05) is 25.1 Å². The Labute approximate surface area is 145 Å². The lowest BCUT2D eigenvalue weighted by atomic mass is 9.96. The third-order valence-corrected chi connectivity index (χ3v) is 5.42. The number of hydrogen-bond acceptors (Lipinski definition) is 3. The fourth-order valence-electron chi connectivity index (χ4n) is 3.71. The second-order valence-corrected chi connectivity index (χ2v) is 7.03. The van der Waals surface area contributed by atoms with E-state index in [1.54, 1.807) is 7.11 Å². The number of hydrogen-bond donors (Lipinski definition) is 1. The van der Waals surface area contributed by atoms with Crippen LogP contribution in [0, 0.1) is 5.92 Å². The Kier molecular flexibility index (Phi) is 5.61. The SMILES string of the molecule is CO[C@@H]1CN(C(=O)NC2CCN(c3ccccc3)CC2)CC[C@@H]1C. The highest BCUT2D eigenvalue weighted by Gasteiger charge is 2.30. The second kappa shape index (κ2) is 7.88. The number of likely N-dealkylation sites (tertiary alicyclic amines) is 1. The minimum Gasteiger partial charge on any atom is -0.379 e. The van der Waals surface area contributed by atoms with Crippen molar-refractivity contribution in [1.29, 1.82) is 0 Å². The number of methoxy groups -OCH3 is 1. The molecule has 1 aromatic carbocycles. The first-order valence-corrected chi connectivity index (χ1v) is 9.05. The number of carbonyl (C=O) groups excluding carboxylic acids is 1. The molecule has 2 atom stereocenters. The third-order valence-electron chi connectivity index (χ3n) is 5.42. The molecule has 0 saturated carbocycles. The molecule has 2 saturated heterocycles. The van der Waals surface area contributed by atoms with Crippen molar-refractivity contribution in [2.45, 2.75) is 38.3 Å². The topological polar surface area (TPSA) is 44.8 Å². The van der Waals surface area contributed by atoms with E-state index in [1.165, 1.54) is 5.69 Å². The summed E-state index contributed by atoms with van der Waals surface area (Å²) in [6.45, 7) is 5.71. The van der Waals surface area contributed by atoms with Crippen LogP contribution in [0.25, 0.3) is 0 Å². The molecule has 2 heterocycles. The number of piperidine rings is 2. The number of urea groups is 1. The van der Waals surface area contributed by atoms with Gasteiger partial charge in [0.2, 0.25) is 0 Å². The molecule has 0 unspecified atom stereocenters. The third kappa shape index (κ3) is 4.01. The number of carbonyl (C=O) groups is 1. The Balaban J connectivity index is 1.47. The number of nitrogens with zero attached hydrogens (tertiary/aromatic N) is 2. The summed E-state index contributed by atoms with van der Waals surface area (Å²) >= 11 is 0. The van der Waals surface area contributed by atoms with Gasteiger partial charge in [0.15, 0.2) is 0 Å². The van der Waals surface area contributed by atoms with Gasteiger partial charge in [-0.2, -0.15) is 0 Å². The molecule has 2 aliphatic heterocycles. The summed E-state index contributed by atoms with van der Waals surface area (Å²) in [6.07, 6.45) is 3.17. The molecule has 24 heavy (non-hydrogen) atoms. The van der Waals surface area contributed by atoms with Gasteiger partial charge in [0, 0.05) is 45.0 Å². The molecule has 0 spiro atoms. The highest BCUT2D eigenvalue weighted by Crippen LogP contribution is 2.21. The average molecular weight is 331 g/mol. The molecule has 1 aromatic rings. The number of rotatable bonds is 3. The fourth-order valence-corrected chi connectivity index (χ4v) is 3.71. The maximum absolute atomic E-state index is 12.5. The molecule has 0 aliphatic carbocycles. The first kappa shape index (κ1) is 17.1. The van der Waals surface area contributed by atoms with Gasteiger partial charge in [0.25, 0.3) is 0 Å². The fraction of sp³-hybridized carbons (Fsp3) is 0.632. The van der Waals surface area contributed by atoms with Crippen LogP contribution < -0.4 is 10.2 Å². The van der Waals surface area contributed by atoms with Crippen LogP contribution in [-0.4, -0.2) is 56.4 Å². The van der Waals surface area contributed by atoms with Crippen molar-refractivity contribution in [3.63, 3.8) is 0 Å². The van der Waals surface area contributed by atoms with Gasteiger partial charge in [0.05, 0.1) is 6.10 Å². The predicted octanol–water partition coefficient (Wildman–Crippen LogP) is 2.72. The smallest absolute Gasteiger partial charge is 0.317 e. The molecule has 132 valence electrons. The molecule has 5 heteroatoms. The van der Waals surface area contributed by atoms with E-state index in [9.17, 15) is 4.79 Å². The summed E-state index contributed by atoms with van der Waals surface area (Å²) in [4.78, 5) is 16.8. The summed E-state index contributed by atoms with van der Waals surface area (Å²) in [5, 5.41) is 3.22. The van der Waals surface area contributed by atoms with E-state index >= 15 is 0 Å². The zero-order chi connectivity index (χ0) is 16.9. The van der Waals surface area contributed by atoms with Crippen molar-refractivity contribution in [2.75, 3.05) is 38.2 Å². The minimum absolute atomic E-state index is 0.0714. The highest BCUT2D eigenvalue weighted by molar-refractivity contribution is 5.74. The van der Waals surface area contributed by atoms with Crippen molar-refractivity contribution in [3.05, 3.63) is 30.3 Å². The van der Waals surface area contributed by atoms with Crippen LogP contribution in [0.3, 0.4) is 0 Å². The number of amides is 2. The Morgan fingerprint density at radius 2 is 1.83 bits per heavy atom. The molecule has 1 N–H and O–H groups in total. The first-order valence-electron chi connectivity index (χ1n) is 9.05. The molecule has 3 rings (SSSR count). The number of para-hydroxylation sites is 1. The van der Waals surface area contributed by atoms with Crippen molar-refractivity contribution >= 4 is 11.7 Å². The summed E-state index contributed by atoms with van der Waals surface area (Å²) < 4.78 is 5.51. The Hall–Kier alpha value is -1.75. The lowest BCUT2D eigenvalue weighted by Gasteiger charge is -2.38. The second-order valence-electron chi connectivity index (χ2n) is 7.03. The number of ether oxygens (including phenoxy) is 1. The Morgan fingerprint density at radius 3 is 2.50 bits per heavy atom. The zero-order valence-corrected chi connectivity index (χ0v) is 14.8. The molecule has 2 fully saturated rings. The first-order chi connectivity index (χ1) is 11.7. The van der Waals surface area contributed by atoms with Crippen molar-refractivity contribution < 1.29 is 9.53 Å².